The van der Waals surface area contributed by atoms with E-state index in [1.54, 1.807) is 41.6 Å². The standard InChI is InChI=1S/C19H17FN4O2/c1-9-14(20)6-16(25)10(2)17(9)24-8-13(19(21)26)11-4-5-15-12(18(11)24)7-22-23(15)3/h4-8,25H,1-3H3,(H2,21,26). The summed E-state index contributed by atoms with van der Waals surface area (Å²) in [6, 6.07) is 4.76. The molecule has 4 aromatic rings. The molecule has 0 bridgehead atoms. The highest BCUT2D eigenvalue weighted by atomic mass is 19.1. The van der Waals surface area contributed by atoms with E-state index in [9.17, 15) is 14.3 Å². The minimum atomic E-state index is -0.576. The second-order valence-electron chi connectivity index (χ2n) is 6.42. The first-order chi connectivity index (χ1) is 12.3. The van der Waals surface area contributed by atoms with E-state index in [4.69, 9.17) is 5.73 Å². The summed E-state index contributed by atoms with van der Waals surface area (Å²) in [6.45, 7) is 3.34. The number of halogens is 1. The number of nitrogens with two attached hydrogens (primary N) is 1. The number of hydrogen-bond donors (Lipinski definition) is 2. The number of nitrogens with zero attached hydrogens (tertiary/aromatic N) is 3. The summed E-state index contributed by atoms with van der Waals surface area (Å²) in [5.74, 6) is -1.25. The molecule has 7 heteroatoms. The number of fused-ring (bicyclic) bond motifs is 3. The summed E-state index contributed by atoms with van der Waals surface area (Å²) in [5.41, 5.74) is 8.81. The van der Waals surface area contributed by atoms with E-state index in [1.807, 2.05) is 13.1 Å². The summed E-state index contributed by atoms with van der Waals surface area (Å²) in [6.07, 6.45) is 3.29. The van der Waals surface area contributed by atoms with Crippen molar-refractivity contribution in [3.05, 3.63) is 53.1 Å². The summed E-state index contributed by atoms with van der Waals surface area (Å²) in [4.78, 5) is 12.0. The van der Waals surface area contributed by atoms with E-state index in [2.05, 4.69) is 5.10 Å². The zero-order chi connectivity index (χ0) is 18.7. The van der Waals surface area contributed by atoms with Crippen molar-refractivity contribution in [1.82, 2.24) is 14.3 Å². The van der Waals surface area contributed by atoms with Gasteiger partial charge >= 0.3 is 0 Å². The average Bonchev–Trinajstić information content (AvgIpc) is 3.15. The fourth-order valence-corrected chi connectivity index (χ4v) is 3.54. The van der Waals surface area contributed by atoms with Gasteiger partial charge in [0.15, 0.2) is 0 Å². The summed E-state index contributed by atoms with van der Waals surface area (Å²) >= 11 is 0. The second-order valence-corrected chi connectivity index (χ2v) is 6.42. The fraction of sp³-hybridized carbons (Fsp3) is 0.158. The van der Waals surface area contributed by atoms with Crippen LogP contribution in [-0.2, 0) is 7.05 Å². The van der Waals surface area contributed by atoms with Crippen LogP contribution < -0.4 is 5.73 Å². The molecule has 0 unspecified atom stereocenters. The van der Waals surface area contributed by atoms with E-state index in [1.165, 1.54) is 0 Å². The van der Waals surface area contributed by atoms with Crippen molar-refractivity contribution in [1.29, 1.82) is 0 Å². The Morgan fingerprint density at radius 3 is 2.65 bits per heavy atom. The number of aromatic nitrogens is 3. The second kappa shape index (κ2) is 5.32. The third kappa shape index (κ3) is 2.03. The molecule has 0 aliphatic rings. The Balaban J connectivity index is 2.24. The van der Waals surface area contributed by atoms with Crippen molar-refractivity contribution in [2.45, 2.75) is 13.8 Å². The molecule has 132 valence electrons. The minimum absolute atomic E-state index is 0.149. The van der Waals surface area contributed by atoms with Crippen molar-refractivity contribution in [3.63, 3.8) is 0 Å². The van der Waals surface area contributed by atoms with Gasteiger partial charge in [-0.25, -0.2) is 4.39 Å². The number of carbonyl (C=O) groups is 1. The van der Waals surface area contributed by atoms with Gasteiger partial charge in [-0.3, -0.25) is 9.48 Å². The molecule has 1 amide bonds. The number of amides is 1. The first-order valence-corrected chi connectivity index (χ1v) is 8.06. The lowest BCUT2D eigenvalue weighted by Crippen LogP contribution is -2.10. The minimum Gasteiger partial charge on any atom is -0.507 e. The van der Waals surface area contributed by atoms with Crippen LogP contribution in [-0.4, -0.2) is 25.4 Å². The molecule has 0 atom stereocenters. The molecular weight excluding hydrogens is 335 g/mol. The van der Waals surface area contributed by atoms with Crippen LogP contribution in [0.1, 0.15) is 21.5 Å². The van der Waals surface area contributed by atoms with E-state index >= 15 is 0 Å². The smallest absolute Gasteiger partial charge is 0.250 e. The van der Waals surface area contributed by atoms with Crippen LogP contribution in [0, 0.1) is 19.7 Å². The van der Waals surface area contributed by atoms with Crippen LogP contribution in [0.3, 0.4) is 0 Å². The number of benzene rings is 2. The quantitative estimate of drug-likeness (QED) is 0.581. The molecule has 2 aromatic heterocycles. The Kier molecular flexibility index (Phi) is 3.30. The van der Waals surface area contributed by atoms with Crippen LogP contribution in [0.25, 0.3) is 27.5 Å². The van der Waals surface area contributed by atoms with Crippen molar-refractivity contribution in [2.24, 2.45) is 12.8 Å². The van der Waals surface area contributed by atoms with Crippen molar-refractivity contribution in [3.8, 4) is 11.4 Å². The van der Waals surface area contributed by atoms with Crippen molar-refractivity contribution < 1.29 is 14.3 Å². The number of rotatable bonds is 2. The number of hydrogen-bond acceptors (Lipinski definition) is 3. The SMILES string of the molecule is Cc1c(O)cc(F)c(C)c1-n1cc(C(N)=O)c2ccc3c(cnn3C)c21. The molecule has 0 saturated heterocycles. The highest BCUT2D eigenvalue weighted by Gasteiger charge is 2.21. The Hall–Kier alpha value is -3.35. The van der Waals surface area contributed by atoms with E-state index in [-0.39, 0.29) is 5.75 Å². The maximum Gasteiger partial charge on any atom is 0.250 e. The summed E-state index contributed by atoms with van der Waals surface area (Å²) < 4.78 is 17.7. The molecule has 26 heavy (non-hydrogen) atoms. The van der Waals surface area contributed by atoms with E-state index < -0.39 is 11.7 Å². The summed E-state index contributed by atoms with van der Waals surface area (Å²) in [5, 5.41) is 15.8. The summed E-state index contributed by atoms with van der Waals surface area (Å²) in [7, 11) is 1.82. The zero-order valence-electron chi connectivity index (χ0n) is 14.5. The molecule has 2 heterocycles. The molecule has 0 radical (unpaired) electrons. The fourth-order valence-electron chi connectivity index (χ4n) is 3.54. The van der Waals surface area contributed by atoms with Crippen LogP contribution in [0.2, 0.25) is 0 Å². The van der Waals surface area contributed by atoms with Gasteiger partial charge in [0.25, 0.3) is 5.91 Å². The van der Waals surface area contributed by atoms with E-state index in [0.29, 0.717) is 33.3 Å². The van der Waals surface area contributed by atoms with Gasteiger partial charge in [0.05, 0.1) is 28.5 Å². The molecule has 2 aromatic carbocycles. The van der Waals surface area contributed by atoms with Crippen molar-refractivity contribution in [2.75, 3.05) is 0 Å². The van der Waals surface area contributed by atoms with Gasteiger partial charge in [0.1, 0.15) is 11.6 Å². The number of primary amides is 1. The predicted molar refractivity (Wildman–Crippen MR) is 97.2 cm³/mol. The van der Waals surface area contributed by atoms with Gasteiger partial charge in [-0.2, -0.15) is 5.10 Å². The maximum atomic E-state index is 14.3. The Labute approximate surface area is 148 Å². The Morgan fingerprint density at radius 1 is 1.23 bits per heavy atom. The molecule has 0 spiro atoms. The Bertz CT molecular complexity index is 1190. The molecule has 0 aliphatic heterocycles. The normalized spacial score (nSPS) is 11.5. The topological polar surface area (TPSA) is 86.1 Å². The monoisotopic (exact) mass is 352 g/mol. The highest BCUT2D eigenvalue weighted by Crippen LogP contribution is 2.36. The molecular formula is C19H17FN4O2. The molecule has 4 rings (SSSR count). The van der Waals surface area contributed by atoms with Gasteiger partial charge in [-0.05, 0) is 26.0 Å². The number of phenolic OH excluding ortho intramolecular Hbond substituents is 1. The Morgan fingerprint density at radius 2 is 1.96 bits per heavy atom. The molecule has 6 nitrogen and oxygen atoms in total. The lowest BCUT2D eigenvalue weighted by atomic mass is 10.1. The van der Waals surface area contributed by atoms with Crippen molar-refractivity contribution >= 4 is 27.7 Å². The number of phenols is 1. The van der Waals surface area contributed by atoms with E-state index in [0.717, 1.165) is 17.0 Å². The molecule has 3 N–H and O–H groups in total. The first-order valence-electron chi connectivity index (χ1n) is 8.06. The van der Waals surface area contributed by atoms with Gasteiger partial charge in [-0.1, -0.05) is 0 Å². The third-order valence-corrected chi connectivity index (χ3v) is 4.91. The lowest BCUT2D eigenvalue weighted by Gasteiger charge is -2.15. The van der Waals surface area contributed by atoms with Crippen LogP contribution >= 0.6 is 0 Å². The van der Waals surface area contributed by atoms with Gasteiger partial charge in [0, 0.05) is 41.2 Å². The number of aromatic hydroxyl groups is 1. The number of aryl methyl sites for hydroxylation is 1. The van der Waals surface area contributed by atoms with Gasteiger partial charge in [-0.15, -0.1) is 0 Å². The largest absolute Gasteiger partial charge is 0.507 e. The average molecular weight is 352 g/mol. The molecule has 0 aliphatic carbocycles. The molecule has 0 saturated carbocycles. The third-order valence-electron chi connectivity index (χ3n) is 4.91. The first kappa shape index (κ1) is 16.1. The zero-order valence-corrected chi connectivity index (χ0v) is 14.5. The number of carbonyl (C=O) groups excluding carboxylic acids is 1. The lowest BCUT2D eigenvalue weighted by molar-refractivity contribution is 0.100. The van der Waals surface area contributed by atoms with Crippen LogP contribution in [0.4, 0.5) is 4.39 Å². The highest BCUT2D eigenvalue weighted by molar-refractivity contribution is 6.14. The maximum absolute atomic E-state index is 14.3. The van der Waals surface area contributed by atoms with Crippen LogP contribution in [0.15, 0.2) is 30.6 Å². The van der Waals surface area contributed by atoms with Gasteiger partial charge < -0.3 is 15.4 Å². The van der Waals surface area contributed by atoms with Crippen LogP contribution in [0.5, 0.6) is 5.75 Å². The predicted octanol–water partition coefficient (Wildman–Crippen LogP) is 3.08. The van der Waals surface area contributed by atoms with Gasteiger partial charge in [0.2, 0.25) is 0 Å². The molecule has 0 fully saturated rings.